The zero-order valence-electron chi connectivity index (χ0n) is 16.6. The highest BCUT2D eigenvalue weighted by atomic mass is 35.5. The van der Waals surface area contributed by atoms with Crippen LogP contribution in [0.1, 0.15) is 24.1 Å². The van der Waals surface area contributed by atoms with Crippen molar-refractivity contribution in [2.75, 3.05) is 12.4 Å². The summed E-state index contributed by atoms with van der Waals surface area (Å²) >= 11 is 6.59. The van der Waals surface area contributed by atoms with Crippen molar-refractivity contribution in [3.05, 3.63) is 47.3 Å². The van der Waals surface area contributed by atoms with Gasteiger partial charge >= 0.3 is 0 Å². The Hall–Kier alpha value is -3.64. The van der Waals surface area contributed by atoms with Crippen molar-refractivity contribution in [2.45, 2.75) is 26.4 Å². The predicted molar refractivity (Wildman–Crippen MR) is 113 cm³/mol. The minimum absolute atomic E-state index is 0.167. The first-order valence-electron chi connectivity index (χ1n) is 9.20. The molecule has 10 heteroatoms. The summed E-state index contributed by atoms with van der Waals surface area (Å²) in [6.45, 7) is 4.10. The number of anilines is 1. The van der Waals surface area contributed by atoms with Crippen LogP contribution in [0.15, 0.2) is 31.1 Å². The number of methoxy groups -OCH3 is 1. The summed E-state index contributed by atoms with van der Waals surface area (Å²) in [5.41, 5.74) is 4.71. The molecular weight excluding hydrogens is 404 g/mol. The van der Waals surface area contributed by atoms with Gasteiger partial charge in [0, 0.05) is 27.9 Å². The molecule has 0 spiro atoms. The number of H-pyrrole nitrogens is 1. The molecule has 0 bridgehead atoms. The van der Waals surface area contributed by atoms with E-state index < -0.39 is 0 Å². The molecule has 0 aliphatic carbocycles. The van der Waals surface area contributed by atoms with Gasteiger partial charge in [-0.1, -0.05) is 11.6 Å². The van der Waals surface area contributed by atoms with Crippen LogP contribution < -0.4 is 10.1 Å². The largest absolute Gasteiger partial charge is 0.496 e. The Labute approximate surface area is 177 Å². The number of nitriles is 1. The normalized spacial score (nSPS) is 12.0. The van der Waals surface area contributed by atoms with E-state index in [0.29, 0.717) is 22.2 Å². The van der Waals surface area contributed by atoms with Gasteiger partial charge in [0.2, 0.25) is 0 Å². The van der Waals surface area contributed by atoms with Crippen LogP contribution in [0.5, 0.6) is 5.75 Å². The molecule has 0 saturated heterocycles. The third-order valence-corrected chi connectivity index (χ3v) is 5.30. The Balaban J connectivity index is 1.78. The van der Waals surface area contributed by atoms with E-state index in [2.05, 4.69) is 36.4 Å². The van der Waals surface area contributed by atoms with E-state index in [0.717, 1.165) is 27.8 Å². The predicted octanol–water partition coefficient (Wildman–Crippen LogP) is 3.88. The Morgan fingerprint density at radius 2 is 2.20 bits per heavy atom. The third kappa shape index (κ3) is 3.42. The fourth-order valence-electron chi connectivity index (χ4n) is 3.44. The average Bonchev–Trinajstić information content (AvgIpc) is 3.39. The fraction of sp³-hybridized carbons (Fsp3) is 0.250. The molecule has 0 radical (unpaired) electrons. The number of benzene rings is 1. The molecule has 0 fully saturated rings. The lowest BCUT2D eigenvalue weighted by Crippen LogP contribution is -2.11. The van der Waals surface area contributed by atoms with Crippen molar-refractivity contribution < 1.29 is 4.74 Å². The second-order valence-electron chi connectivity index (χ2n) is 6.76. The van der Waals surface area contributed by atoms with Gasteiger partial charge in [0.05, 0.1) is 31.7 Å². The van der Waals surface area contributed by atoms with Crippen molar-refractivity contribution in [3.63, 3.8) is 0 Å². The Morgan fingerprint density at radius 3 is 2.97 bits per heavy atom. The van der Waals surface area contributed by atoms with Crippen LogP contribution in [0.4, 0.5) is 5.82 Å². The number of aromatic nitrogens is 6. The van der Waals surface area contributed by atoms with Gasteiger partial charge in [-0.25, -0.2) is 15.0 Å². The van der Waals surface area contributed by atoms with Crippen LogP contribution in [0.25, 0.3) is 22.3 Å². The molecule has 0 aliphatic rings. The SMILES string of the molecule is COc1c(C(C)Nc2ncnc3nc[nH]c23)cc(Cl)c(C)c1-c1cnn(CC#N)c1. The Bertz CT molecular complexity index is 1260. The van der Waals surface area contributed by atoms with Crippen molar-refractivity contribution >= 4 is 28.6 Å². The second kappa shape index (κ2) is 8.00. The van der Waals surface area contributed by atoms with Crippen molar-refractivity contribution in [1.29, 1.82) is 5.26 Å². The van der Waals surface area contributed by atoms with Gasteiger partial charge in [0.25, 0.3) is 0 Å². The topological polar surface area (TPSA) is 117 Å². The minimum Gasteiger partial charge on any atom is -0.496 e. The van der Waals surface area contributed by atoms with Gasteiger partial charge in [-0.15, -0.1) is 0 Å². The first-order chi connectivity index (χ1) is 14.5. The average molecular weight is 423 g/mol. The first kappa shape index (κ1) is 19.7. The quantitative estimate of drug-likeness (QED) is 0.484. The monoisotopic (exact) mass is 422 g/mol. The van der Waals surface area contributed by atoms with Crippen LogP contribution in [0.3, 0.4) is 0 Å². The molecule has 4 aromatic rings. The molecule has 152 valence electrons. The molecule has 1 aromatic carbocycles. The van der Waals surface area contributed by atoms with E-state index in [1.807, 2.05) is 26.1 Å². The lowest BCUT2D eigenvalue weighted by molar-refractivity contribution is 0.409. The molecule has 0 aliphatic heterocycles. The summed E-state index contributed by atoms with van der Waals surface area (Å²) in [4.78, 5) is 15.7. The zero-order valence-corrected chi connectivity index (χ0v) is 17.4. The first-order valence-corrected chi connectivity index (χ1v) is 9.58. The van der Waals surface area contributed by atoms with Crippen molar-refractivity contribution in [2.24, 2.45) is 0 Å². The Kier molecular flexibility index (Phi) is 5.25. The number of aromatic amines is 1. The number of nitrogens with one attached hydrogen (secondary N) is 2. The van der Waals surface area contributed by atoms with E-state index in [-0.39, 0.29) is 12.6 Å². The number of nitrogens with zero attached hydrogens (tertiary/aromatic N) is 6. The Morgan fingerprint density at radius 1 is 1.37 bits per heavy atom. The van der Waals surface area contributed by atoms with E-state index in [9.17, 15) is 0 Å². The lowest BCUT2D eigenvalue weighted by Gasteiger charge is -2.22. The van der Waals surface area contributed by atoms with Gasteiger partial charge < -0.3 is 15.0 Å². The van der Waals surface area contributed by atoms with Crippen LogP contribution in [0.2, 0.25) is 5.02 Å². The van der Waals surface area contributed by atoms with Gasteiger partial charge in [0.15, 0.2) is 11.5 Å². The van der Waals surface area contributed by atoms with Gasteiger partial charge in [-0.2, -0.15) is 10.4 Å². The van der Waals surface area contributed by atoms with E-state index >= 15 is 0 Å². The lowest BCUT2D eigenvalue weighted by atomic mass is 9.95. The molecule has 9 nitrogen and oxygen atoms in total. The van der Waals surface area contributed by atoms with E-state index in [1.165, 1.54) is 6.33 Å². The van der Waals surface area contributed by atoms with Gasteiger partial charge in [-0.05, 0) is 25.5 Å². The second-order valence-corrected chi connectivity index (χ2v) is 7.16. The molecule has 0 amide bonds. The molecule has 0 saturated carbocycles. The standard InChI is InChI=1S/C20H19ClN8O/c1-11-15(21)6-14(12(2)28-20-17-19(24-9-23-17)25-10-26-20)18(30-3)16(11)13-7-27-29(8-13)5-4-22/h6-10,12H,5H2,1-3H3,(H2,23,24,25,26,28). The fourth-order valence-corrected chi connectivity index (χ4v) is 3.65. The molecule has 1 unspecified atom stereocenters. The number of hydrogen-bond acceptors (Lipinski definition) is 7. The molecular formula is C20H19ClN8O. The molecule has 30 heavy (non-hydrogen) atoms. The number of ether oxygens (including phenoxy) is 1. The van der Waals surface area contributed by atoms with Gasteiger partial charge in [0.1, 0.15) is 24.1 Å². The van der Waals surface area contributed by atoms with Crippen LogP contribution in [0, 0.1) is 18.3 Å². The summed E-state index contributed by atoms with van der Waals surface area (Å²) in [6.07, 6.45) is 6.56. The number of halogens is 1. The number of fused-ring (bicyclic) bond motifs is 1. The van der Waals surface area contributed by atoms with Crippen LogP contribution in [-0.2, 0) is 6.54 Å². The highest BCUT2D eigenvalue weighted by Crippen LogP contribution is 2.42. The molecule has 3 aromatic heterocycles. The summed E-state index contributed by atoms with van der Waals surface area (Å²) < 4.78 is 7.39. The van der Waals surface area contributed by atoms with Gasteiger partial charge in [-0.3, -0.25) is 4.68 Å². The number of rotatable bonds is 6. The third-order valence-electron chi connectivity index (χ3n) is 4.91. The summed E-state index contributed by atoms with van der Waals surface area (Å²) in [5.74, 6) is 1.32. The minimum atomic E-state index is -0.188. The number of imidazole rings is 1. The molecule has 1 atom stereocenters. The highest BCUT2D eigenvalue weighted by molar-refractivity contribution is 6.32. The molecule has 2 N–H and O–H groups in total. The maximum Gasteiger partial charge on any atom is 0.182 e. The maximum atomic E-state index is 8.93. The maximum absolute atomic E-state index is 8.93. The van der Waals surface area contributed by atoms with Crippen LogP contribution >= 0.6 is 11.6 Å². The van der Waals surface area contributed by atoms with E-state index in [4.69, 9.17) is 21.6 Å². The highest BCUT2D eigenvalue weighted by Gasteiger charge is 2.22. The molecule has 3 heterocycles. The smallest absolute Gasteiger partial charge is 0.182 e. The van der Waals surface area contributed by atoms with Crippen molar-refractivity contribution in [1.82, 2.24) is 29.7 Å². The number of hydrogen-bond donors (Lipinski definition) is 2. The van der Waals surface area contributed by atoms with Crippen molar-refractivity contribution in [3.8, 4) is 22.9 Å². The van der Waals surface area contributed by atoms with E-state index in [1.54, 1.807) is 24.3 Å². The van der Waals surface area contributed by atoms with Crippen LogP contribution in [-0.4, -0.2) is 36.8 Å². The summed E-state index contributed by atoms with van der Waals surface area (Å²) in [5, 5.41) is 17.2. The molecule has 4 rings (SSSR count). The summed E-state index contributed by atoms with van der Waals surface area (Å²) in [6, 6.07) is 3.79. The summed E-state index contributed by atoms with van der Waals surface area (Å²) in [7, 11) is 1.62. The zero-order chi connectivity index (χ0) is 21.3.